The monoisotopic (exact) mass is 254 g/mol. The van der Waals surface area contributed by atoms with Crippen molar-refractivity contribution in [1.82, 2.24) is 10.6 Å². The van der Waals surface area contributed by atoms with Crippen molar-refractivity contribution in [3.63, 3.8) is 0 Å². The molecule has 0 aromatic rings. The Labute approximate surface area is 104 Å². The van der Waals surface area contributed by atoms with Crippen molar-refractivity contribution in [2.45, 2.75) is 19.4 Å². The van der Waals surface area contributed by atoms with E-state index in [1.165, 1.54) is 0 Å². The average molecular weight is 255 g/mol. The SMILES string of the molecule is CCC(COC)NC(=O)CNCCOC.Cl. The highest BCUT2D eigenvalue weighted by atomic mass is 35.5. The molecule has 5 nitrogen and oxygen atoms in total. The molecule has 0 rings (SSSR count). The van der Waals surface area contributed by atoms with Crippen molar-refractivity contribution < 1.29 is 14.3 Å². The van der Waals surface area contributed by atoms with Crippen LogP contribution in [0.4, 0.5) is 0 Å². The first-order valence-corrected chi connectivity index (χ1v) is 5.22. The highest BCUT2D eigenvalue weighted by Gasteiger charge is 2.08. The Morgan fingerprint density at radius 2 is 2.00 bits per heavy atom. The second kappa shape index (κ2) is 12.7. The van der Waals surface area contributed by atoms with Gasteiger partial charge in [0.05, 0.1) is 25.8 Å². The number of carbonyl (C=O) groups excluding carboxylic acids is 1. The van der Waals surface area contributed by atoms with E-state index in [1.54, 1.807) is 14.2 Å². The van der Waals surface area contributed by atoms with Crippen LogP contribution < -0.4 is 10.6 Å². The summed E-state index contributed by atoms with van der Waals surface area (Å²) < 4.78 is 9.83. The van der Waals surface area contributed by atoms with E-state index in [0.717, 1.165) is 6.42 Å². The summed E-state index contributed by atoms with van der Waals surface area (Å²) >= 11 is 0. The van der Waals surface area contributed by atoms with Crippen molar-refractivity contribution in [1.29, 1.82) is 0 Å². The molecule has 16 heavy (non-hydrogen) atoms. The van der Waals surface area contributed by atoms with Gasteiger partial charge in [0.15, 0.2) is 0 Å². The fraction of sp³-hybridized carbons (Fsp3) is 0.900. The molecule has 0 saturated carbocycles. The maximum Gasteiger partial charge on any atom is 0.234 e. The molecule has 0 aromatic heterocycles. The number of halogens is 1. The lowest BCUT2D eigenvalue weighted by Gasteiger charge is -2.15. The number of ether oxygens (including phenoxy) is 2. The maximum absolute atomic E-state index is 11.4. The minimum atomic E-state index is -0.00463. The third kappa shape index (κ3) is 10.2. The van der Waals surface area contributed by atoms with Gasteiger partial charge in [-0.2, -0.15) is 0 Å². The van der Waals surface area contributed by atoms with Gasteiger partial charge in [-0.1, -0.05) is 6.92 Å². The van der Waals surface area contributed by atoms with Gasteiger partial charge in [-0.15, -0.1) is 12.4 Å². The Kier molecular flexibility index (Phi) is 14.3. The van der Waals surface area contributed by atoms with Crippen LogP contribution in [-0.2, 0) is 14.3 Å². The minimum absolute atomic E-state index is 0. The second-order valence-corrected chi connectivity index (χ2v) is 3.30. The standard InChI is InChI=1S/C10H22N2O3.ClH/c1-4-9(8-15-3)12-10(13)7-11-5-6-14-2;/h9,11H,4-8H2,1-3H3,(H,12,13);1H. The highest BCUT2D eigenvalue weighted by molar-refractivity contribution is 5.85. The first-order valence-electron chi connectivity index (χ1n) is 5.22. The number of hydrogen-bond acceptors (Lipinski definition) is 4. The zero-order valence-corrected chi connectivity index (χ0v) is 11.1. The predicted octanol–water partition coefficient (Wildman–Crippen LogP) is 0.185. The molecule has 0 aliphatic carbocycles. The fourth-order valence-corrected chi connectivity index (χ4v) is 1.12. The van der Waals surface area contributed by atoms with E-state index in [9.17, 15) is 4.79 Å². The van der Waals surface area contributed by atoms with Crippen LogP contribution in [0.3, 0.4) is 0 Å². The van der Waals surface area contributed by atoms with E-state index in [1.807, 2.05) is 6.92 Å². The summed E-state index contributed by atoms with van der Waals surface area (Å²) in [5.74, 6) is -0.00463. The summed E-state index contributed by atoms with van der Waals surface area (Å²) in [6.07, 6.45) is 0.873. The van der Waals surface area contributed by atoms with Gasteiger partial charge in [0, 0.05) is 20.8 Å². The first kappa shape index (κ1) is 18.0. The molecule has 0 spiro atoms. The van der Waals surface area contributed by atoms with E-state index in [0.29, 0.717) is 26.3 Å². The molecule has 1 unspecified atom stereocenters. The maximum atomic E-state index is 11.4. The lowest BCUT2D eigenvalue weighted by molar-refractivity contribution is -0.121. The van der Waals surface area contributed by atoms with Gasteiger partial charge in [-0.05, 0) is 6.42 Å². The molecular weight excluding hydrogens is 232 g/mol. The van der Waals surface area contributed by atoms with Crippen LogP contribution in [0.15, 0.2) is 0 Å². The normalized spacial score (nSPS) is 11.7. The molecular formula is C10H23ClN2O3. The smallest absolute Gasteiger partial charge is 0.234 e. The zero-order valence-electron chi connectivity index (χ0n) is 10.2. The highest BCUT2D eigenvalue weighted by Crippen LogP contribution is 1.90. The van der Waals surface area contributed by atoms with Crippen LogP contribution in [0.2, 0.25) is 0 Å². The Morgan fingerprint density at radius 3 is 2.50 bits per heavy atom. The number of amides is 1. The number of methoxy groups -OCH3 is 2. The zero-order chi connectivity index (χ0) is 11.5. The molecule has 6 heteroatoms. The van der Waals surface area contributed by atoms with Gasteiger partial charge in [0.2, 0.25) is 5.91 Å². The lowest BCUT2D eigenvalue weighted by atomic mass is 10.2. The third-order valence-electron chi connectivity index (χ3n) is 1.99. The van der Waals surface area contributed by atoms with Crippen LogP contribution in [-0.4, -0.2) is 52.5 Å². The van der Waals surface area contributed by atoms with Crippen LogP contribution in [0.25, 0.3) is 0 Å². The van der Waals surface area contributed by atoms with Gasteiger partial charge < -0.3 is 20.1 Å². The Hall–Kier alpha value is -0.360. The van der Waals surface area contributed by atoms with Crippen LogP contribution >= 0.6 is 12.4 Å². The van der Waals surface area contributed by atoms with E-state index in [2.05, 4.69) is 10.6 Å². The topological polar surface area (TPSA) is 59.6 Å². The van der Waals surface area contributed by atoms with E-state index in [-0.39, 0.29) is 24.4 Å². The Bertz CT molecular complexity index is 170. The minimum Gasteiger partial charge on any atom is -0.383 e. The number of hydrogen-bond donors (Lipinski definition) is 2. The fourth-order valence-electron chi connectivity index (χ4n) is 1.12. The van der Waals surface area contributed by atoms with E-state index in [4.69, 9.17) is 9.47 Å². The first-order chi connectivity index (χ1) is 7.24. The molecule has 1 amide bonds. The average Bonchev–Trinajstić information content (AvgIpc) is 2.24. The number of carbonyl (C=O) groups is 1. The van der Waals surface area contributed by atoms with Crippen molar-refractivity contribution in [3.05, 3.63) is 0 Å². The van der Waals surface area contributed by atoms with Crippen LogP contribution in [0.5, 0.6) is 0 Å². The summed E-state index contributed by atoms with van der Waals surface area (Å²) in [6, 6.07) is 0.103. The molecule has 2 N–H and O–H groups in total. The largest absolute Gasteiger partial charge is 0.383 e. The molecule has 0 aromatic carbocycles. The van der Waals surface area contributed by atoms with E-state index >= 15 is 0 Å². The molecule has 0 radical (unpaired) electrons. The summed E-state index contributed by atoms with van der Waals surface area (Å²) in [7, 11) is 3.26. The summed E-state index contributed by atoms with van der Waals surface area (Å²) in [5, 5.41) is 5.86. The van der Waals surface area contributed by atoms with Crippen LogP contribution in [0, 0.1) is 0 Å². The van der Waals surface area contributed by atoms with E-state index < -0.39 is 0 Å². The van der Waals surface area contributed by atoms with Gasteiger partial charge in [0.1, 0.15) is 0 Å². The Balaban J connectivity index is 0. The van der Waals surface area contributed by atoms with Crippen molar-refractivity contribution in [2.75, 3.05) is 40.5 Å². The molecule has 0 bridgehead atoms. The lowest BCUT2D eigenvalue weighted by Crippen LogP contribution is -2.42. The third-order valence-corrected chi connectivity index (χ3v) is 1.99. The predicted molar refractivity (Wildman–Crippen MR) is 66.1 cm³/mol. The van der Waals surface area contributed by atoms with Crippen molar-refractivity contribution in [3.8, 4) is 0 Å². The van der Waals surface area contributed by atoms with Gasteiger partial charge in [0.25, 0.3) is 0 Å². The molecule has 0 heterocycles. The summed E-state index contributed by atoms with van der Waals surface area (Å²) in [6.45, 7) is 4.19. The molecule has 0 aliphatic rings. The molecule has 0 fully saturated rings. The van der Waals surface area contributed by atoms with Crippen LogP contribution in [0.1, 0.15) is 13.3 Å². The van der Waals surface area contributed by atoms with Gasteiger partial charge in [-0.25, -0.2) is 0 Å². The molecule has 0 aliphatic heterocycles. The summed E-state index contributed by atoms with van der Waals surface area (Å²) in [4.78, 5) is 11.4. The number of nitrogens with one attached hydrogen (secondary N) is 2. The molecule has 0 saturated heterocycles. The second-order valence-electron chi connectivity index (χ2n) is 3.30. The molecule has 98 valence electrons. The number of rotatable bonds is 9. The molecule has 1 atom stereocenters. The quantitative estimate of drug-likeness (QED) is 0.577. The van der Waals surface area contributed by atoms with Gasteiger partial charge in [-0.3, -0.25) is 4.79 Å². The van der Waals surface area contributed by atoms with Gasteiger partial charge >= 0.3 is 0 Å². The van der Waals surface area contributed by atoms with Crippen molar-refractivity contribution in [2.24, 2.45) is 0 Å². The Morgan fingerprint density at radius 1 is 1.31 bits per heavy atom. The summed E-state index contributed by atoms with van der Waals surface area (Å²) in [5.41, 5.74) is 0. The van der Waals surface area contributed by atoms with Crippen molar-refractivity contribution >= 4 is 18.3 Å².